The summed E-state index contributed by atoms with van der Waals surface area (Å²) >= 11 is 0. The molecule has 2 aromatic rings. The average molecular weight is 446 g/mol. The number of benzene rings is 2. The monoisotopic (exact) mass is 445 g/mol. The smallest absolute Gasteiger partial charge is 0.293 e. The normalized spacial score (nSPS) is 18.8. The van der Waals surface area contributed by atoms with Gasteiger partial charge in [0.25, 0.3) is 5.69 Å². The molecule has 0 aromatic heterocycles. The van der Waals surface area contributed by atoms with Crippen molar-refractivity contribution >= 4 is 21.4 Å². The van der Waals surface area contributed by atoms with Crippen molar-refractivity contribution in [3.05, 3.63) is 63.7 Å². The Balaban J connectivity index is 1.55. The Morgan fingerprint density at radius 1 is 1.03 bits per heavy atom. The molecule has 2 aromatic carbocycles. The van der Waals surface area contributed by atoms with Crippen molar-refractivity contribution in [2.75, 3.05) is 44.3 Å². The number of hydrogen-bond donors (Lipinski definition) is 0. The van der Waals surface area contributed by atoms with Crippen LogP contribution < -0.4 is 4.90 Å². The Morgan fingerprint density at radius 3 is 2.35 bits per heavy atom. The molecule has 0 unspecified atom stereocenters. The van der Waals surface area contributed by atoms with E-state index in [0.717, 1.165) is 12.8 Å². The first kappa shape index (κ1) is 21.7. The van der Waals surface area contributed by atoms with Crippen LogP contribution in [-0.4, -0.2) is 57.0 Å². The van der Waals surface area contributed by atoms with Crippen molar-refractivity contribution < 1.29 is 18.1 Å². The molecule has 0 radical (unpaired) electrons. The highest BCUT2D eigenvalue weighted by molar-refractivity contribution is 7.89. The molecule has 2 fully saturated rings. The first-order valence-corrected chi connectivity index (χ1v) is 12.0. The second kappa shape index (κ2) is 8.94. The van der Waals surface area contributed by atoms with Crippen molar-refractivity contribution in [3.63, 3.8) is 0 Å². The Morgan fingerprint density at radius 2 is 1.71 bits per heavy atom. The molecule has 0 spiro atoms. The lowest BCUT2D eigenvalue weighted by molar-refractivity contribution is -0.384. The van der Waals surface area contributed by atoms with Gasteiger partial charge in [-0.3, -0.25) is 10.1 Å². The maximum Gasteiger partial charge on any atom is 0.293 e. The molecule has 31 heavy (non-hydrogen) atoms. The minimum atomic E-state index is -3.78. The lowest BCUT2D eigenvalue weighted by atomic mass is 9.87. The molecule has 2 aliphatic heterocycles. The first-order chi connectivity index (χ1) is 14.9. The van der Waals surface area contributed by atoms with E-state index in [9.17, 15) is 18.5 Å². The van der Waals surface area contributed by atoms with E-state index in [-0.39, 0.29) is 23.7 Å². The second-order valence-electron chi connectivity index (χ2n) is 8.04. The highest BCUT2D eigenvalue weighted by Crippen LogP contribution is 2.37. The van der Waals surface area contributed by atoms with Gasteiger partial charge in [0.15, 0.2) is 0 Å². The maximum atomic E-state index is 12.9. The topological polar surface area (TPSA) is 93.0 Å². The predicted molar refractivity (Wildman–Crippen MR) is 118 cm³/mol. The van der Waals surface area contributed by atoms with Crippen molar-refractivity contribution in [3.8, 4) is 0 Å². The van der Waals surface area contributed by atoms with Crippen LogP contribution in [0.4, 0.5) is 11.4 Å². The molecule has 8 nitrogen and oxygen atoms in total. The van der Waals surface area contributed by atoms with E-state index in [0.29, 0.717) is 37.9 Å². The number of anilines is 1. The van der Waals surface area contributed by atoms with Crippen LogP contribution in [0.25, 0.3) is 0 Å². The highest BCUT2D eigenvalue weighted by atomic mass is 32.2. The van der Waals surface area contributed by atoms with Gasteiger partial charge in [0.1, 0.15) is 5.69 Å². The molecule has 2 saturated heterocycles. The molecule has 0 amide bonds. The van der Waals surface area contributed by atoms with Gasteiger partial charge in [-0.1, -0.05) is 24.3 Å². The van der Waals surface area contributed by atoms with Gasteiger partial charge in [0.2, 0.25) is 10.0 Å². The summed E-state index contributed by atoms with van der Waals surface area (Å²) in [6, 6.07) is 12.6. The minimum Gasteiger partial charge on any atom is -0.379 e. The van der Waals surface area contributed by atoms with E-state index < -0.39 is 14.9 Å². The summed E-state index contributed by atoms with van der Waals surface area (Å²) in [5.41, 5.74) is 2.92. The van der Waals surface area contributed by atoms with Gasteiger partial charge in [0, 0.05) is 32.2 Å². The maximum absolute atomic E-state index is 12.9. The van der Waals surface area contributed by atoms with Gasteiger partial charge in [-0.25, -0.2) is 8.42 Å². The summed E-state index contributed by atoms with van der Waals surface area (Å²) in [5, 5.41) is 11.8. The van der Waals surface area contributed by atoms with Gasteiger partial charge in [-0.2, -0.15) is 4.31 Å². The molecule has 0 N–H and O–H groups in total. The van der Waals surface area contributed by atoms with E-state index >= 15 is 0 Å². The van der Waals surface area contributed by atoms with E-state index in [2.05, 4.69) is 19.1 Å². The van der Waals surface area contributed by atoms with Crippen LogP contribution in [0.5, 0.6) is 0 Å². The molecule has 9 heteroatoms. The van der Waals surface area contributed by atoms with Crippen LogP contribution in [0.15, 0.2) is 47.4 Å². The summed E-state index contributed by atoms with van der Waals surface area (Å²) < 4.78 is 32.4. The van der Waals surface area contributed by atoms with Crippen LogP contribution >= 0.6 is 0 Å². The number of morpholine rings is 1. The van der Waals surface area contributed by atoms with Gasteiger partial charge in [0.05, 0.1) is 23.0 Å². The Bertz CT molecular complexity index is 1060. The summed E-state index contributed by atoms with van der Waals surface area (Å²) in [5.74, 6) is 0.428. The molecule has 0 aliphatic carbocycles. The highest BCUT2D eigenvalue weighted by Gasteiger charge is 2.31. The zero-order valence-corrected chi connectivity index (χ0v) is 18.4. The standard InChI is InChI=1S/C22H27N3O5S/c1-17-4-2-3-5-20(17)18-8-10-23(11-9-18)21-7-6-19(16-22(21)25(26)27)31(28,29)24-12-14-30-15-13-24/h2-7,16,18H,8-15H2,1H3. The quantitative estimate of drug-likeness (QED) is 0.518. The zero-order chi connectivity index (χ0) is 22.0. The summed E-state index contributed by atoms with van der Waals surface area (Å²) in [6.45, 7) is 4.66. The third kappa shape index (κ3) is 4.44. The fourth-order valence-corrected chi connectivity index (χ4v) is 5.92. The molecule has 2 heterocycles. The second-order valence-corrected chi connectivity index (χ2v) is 9.98. The first-order valence-electron chi connectivity index (χ1n) is 10.5. The third-order valence-electron chi connectivity index (χ3n) is 6.22. The van der Waals surface area contributed by atoms with Crippen molar-refractivity contribution in [1.29, 1.82) is 0 Å². The fraction of sp³-hybridized carbons (Fsp3) is 0.455. The summed E-state index contributed by atoms with van der Waals surface area (Å²) in [7, 11) is -3.78. The number of nitrogens with zero attached hydrogens (tertiary/aromatic N) is 3. The van der Waals surface area contributed by atoms with E-state index in [4.69, 9.17) is 4.74 Å². The van der Waals surface area contributed by atoms with Crippen LogP contribution in [0.3, 0.4) is 0 Å². The molecule has 0 atom stereocenters. The Labute approximate surface area is 182 Å². The Kier molecular flexibility index (Phi) is 6.27. The summed E-state index contributed by atoms with van der Waals surface area (Å²) in [6.07, 6.45) is 1.80. The van der Waals surface area contributed by atoms with E-state index in [1.54, 1.807) is 6.07 Å². The summed E-state index contributed by atoms with van der Waals surface area (Å²) in [4.78, 5) is 13.3. The van der Waals surface area contributed by atoms with Crippen molar-refractivity contribution in [2.45, 2.75) is 30.6 Å². The number of aryl methyl sites for hydroxylation is 1. The van der Waals surface area contributed by atoms with Gasteiger partial charge >= 0.3 is 0 Å². The molecule has 0 bridgehead atoms. The van der Waals surface area contributed by atoms with Gasteiger partial charge in [-0.05, 0) is 48.9 Å². The lowest BCUT2D eigenvalue weighted by Crippen LogP contribution is -2.40. The number of piperidine rings is 1. The van der Waals surface area contributed by atoms with Crippen molar-refractivity contribution in [1.82, 2.24) is 4.31 Å². The largest absolute Gasteiger partial charge is 0.379 e. The van der Waals surface area contributed by atoms with Gasteiger partial charge in [-0.15, -0.1) is 0 Å². The predicted octanol–water partition coefficient (Wildman–Crippen LogP) is 3.31. The van der Waals surface area contributed by atoms with Crippen LogP contribution in [-0.2, 0) is 14.8 Å². The number of ether oxygens (including phenoxy) is 1. The minimum absolute atomic E-state index is 0.0420. The SMILES string of the molecule is Cc1ccccc1C1CCN(c2ccc(S(=O)(=O)N3CCOCC3)cc2[N+](=O)[O-])CC1. The molecular weight excluding hydrogens is 418 g/mol. The molecular formula is C22H27N3O5S. The molecule has 0 saturated carbocycles. The lowest BCUT2D eigenvalue weighted by Gasteiger charge is -2.34. The number of hydrogen-bond acceptors (Lipinski definition) is 6. The van der Waals surface area contributed by atoms with E-state index in [1.807, 2.05) is 17.0 Å². The number of sulfonamides is 1. The number of rotatable bonds is 5. The van der Waals surface area contributed by atoms with Crippen molar-refractivity contribution in [2.24, 2.45) is 0 Å². The zero-order valence-electron chi connectivity index (χ0n) is 17.6. The molecule has 166 valence electrons. The number of nitro groups is 1. The Hall–Kier alpha value is -2.49. The van der Waals surface area contributed by atoms with Crippen LogP contribution in [0.2, 0.25) is 0 Å². The average Bonchev–Trinajstić information content (AvgIpc) is 2.80. The van der Waals surface area contributed by atoms with Crippen LogP contribution in [0, 0.1) is 17.0 Å². The molecule has 2 aliphatic rings. The van der Waals surface area contributed by atoms with E-state index in [1.165, 1.54) is 27.6 Å². The van der Waals surface area contributed by atoms with Gasteiger partial charge < -0.3 is 9.64 Å². The fourth-order valence-electron chi connectivity index (χ4n) is 4.49. The third-order valence-corrected chi connectivity index (χ3v) is 8.11. The van der Waals surface area contributed by atoms with Crippen LogP contribution in [0.1, 0.15) is 29.9 Å². The molecule has 4 rings (SSSR count). The number of nitro benzene ring substituents is 1.